The molecule has 6 nitrogen and oxygen atoms in total. The van der Waals surface area contributed by atoms with Crippen LogP contribution in [0.25, 0.3) is 0 Å². The Balaban J connectivity index is 3.28. The number of phosphoric ester groups is 1. The third-order valence-electron chi connectivity index (χ3n) is 6.75. The van der Waals surface area contributed by atoms with Gasteiger partial charge in [0.1, 0.15) is 0 Å². The molecule has 0 heterocycles. The molecule has 7 heteroatoms. The van der Waals surface area contributed by atoms with Gasteiger partial charge in [0.2, 0.25) is 0 Å². The van der Waals surface area contributed by atoms with Crippen LogP contribution in [0.4, 0.5) is 0 Å². The normalized spacial score (nSPS) is 12.0. The molecule has 224 valence electrons. The smallest absolute Gasteiger partial charge is 0.379 e. The van der Waals surface area contributed by atoms with Crippen LogP contribution >= 0.6 is 7.82 Å². The van der Waals surface area contributed by atoms with Gasteiger partial charge in [0, 0.05) is 13.2 Å². The first-order valence-electron chi connectivity index (χ1n) is 15.9. The van der Waals surface area contributed by atoms with Crippen LogP contribution < -0.4 is 0 Å². The molecule has 0 saturated heterocycles. The van der Waals surface area contributed by atoms with Crippen LogP contribution in [0.2, 0.25) is 0 Å². The molecule has 0 saturated carbocycles. The summed E-state index contributed by atoms with van der Waals surface area (Å²) in [7, 11) is -4.03. The Bertz CT molecular complexity index is 439. The van der Waals surface area contributed by atoms with Crippen molar-refractivity contribution in [2.45, 2.75) is 155 Å². The van der Waals surface area contributed by atoms with Crippen molar-refractivity contribution in [2.24, 2.45) is 0 Å². The van der Waals surface area contributed by atoms with E-state index >= 15 is 0 Å². The van der Waals surface area contributed by atoms with Crippen LogP contribution in [0, 0.1) is 0 Å². The molecule has 0 unspecified atom stereocenters. The van der Waals surface area contributed by atoms with Gasteiger partial charge in [-0.1, -0.05) is 142 Å². The molecular formula is C30H63O6P. The molecule has 1 N–H and O–H groups in total. The van der Waals surface area contributed by atoms with E-state index in [2.05, 4.69) is 13.8 Å². The average molecular weight is 551 g/mol. The fourth-order valence-electron chi connectivity index (χ4n) is 4.40. The fraction of sp³-hybridized carbons (Fsp3) is 1.00. The van der Waals surface area contributed by atoms with E-state index in [-0.39, 0.29) is 13.2 Å². The molecule has 0 aromatic rings. The molecule has 0 rings (SSSR count). The highest BCUT2D eigenvalue weighted by molar-refractivity contribution is 7.47. The van der Waals surface area contributed by atoms with Crippen LogP contribution in [0.1, 0.15) is 155 Å². The van der Waals surface area contributed by atoms with Crippen LogP contribution in [0.5, 0.6) is 0 Å². The zero-order chi connectivity index (χ0) is 27.1. The quantitative estimate of drug-likeness (QED) is 0.0663. The molecule has 0 spiro atoms. The summed E-state index contributed by atoms with van der Waals surface area (Å²) in [5.74, 6) is 0. The van der Waals surface area contributed by atoms with E-state index in [0.717, 1.165) is 12.8 Å². The van der Waals surface area contributed by atoms with Crippen molar-refractivity contribution in [2.75, 3.05) is 39.6 Å². The second kappa shape index (κ2) is 30.6. The van der Waals surface area contributed by atoms with Crippen molar-refractivity contribution in [1.82, 2.24) is 0 Å². The maximum Gasteiger partial charge on any atom is 0.472 e. The van der Waals surface area contributed by atoms with Crippen LogP contribution in [-0.4, -0.2) is 44.5 Å². The summed E-state index contributed by atoms with van der Waals surface area (Å²) in [5.41, 5.74) is 0. The summed E-state index contributed by atoms with van der Waals surface area (Å²) >= 11 is 0. The Morgan fingerprint density at radius 1 is 0.405 bits per heavy atom. The molecule has 37 heavy (non-hydrogen) atoms. The van der Waals surface area contributed by atoms with E-state index in [9.17, 15) is 9.46 Å². The lowest BCUT2D eigenvalue weighted by Gasteiger charge is -2.12. The van der Waals surface area contributed by atoms with E-state index in [1.165, 1.54) is 128 Å². The largest absolute Gasteiger partial charge is 0.472 e. The predicted molar refractivity (Wildman–Crippen MR) is 156 cm³/mol. The van der Waals surface area contributed by atoms with E-state index in [0.29, 0.717) is 26.4 Å². The van der Waals surface area contributed by atoms with Crippen molar-refractivity contribution in [3.63, 3.8) is 0 Å². The highest BCUT2D eigenvalue weighted by Crippen LogP contribution is 2.42. The lowest BCUT2D eigenvalue weighted by molar-refractivity contribution is 0.0564. The van der Waals surface area contributed by atoms with Crippen LogP contribution in [-0.2, 0) is 23.1 Å². The van der Waals surface area contributed by atoms with E-state index in [1.54, 1.807) is 0 Å². The molecule has 0 amide bonds. The van der Waals surface area contributed by atoms with Gasteiger partial charge in [0.25, 0.3) is 0 Å². The SMILES string of the molecule is CCCCCCCCCCCCCOCCOP(=O)(O)OCCOCCCCCCCCCCCCC. The second-order valence-corrected chi connectivity index (χ2v) is 11.9. The molecule has 0 radical (unpaired) electrons. The summed E-state index contributed by atoms with van der Waals surface area (Å²) in [6, 6.07) is 0. The molecular weight excluding hydrogens is 487 g/mol. The van der Waals surface area contributed by atoms with Gasteiger partial charge in [-0.15, -0.1) is 0 Å². The summed E-state index contributed by atoms with van der Waals surface area (Å²) in [6.45, 7) is 6.59. The third kappa shape index (κ3) is 32.1. The molecule has 0 aliphatic rings. The lowest BCUT2D eigenvalue weighted by atomic mass is 10.1. The average Bonchev–Trinajstić information content (AvgIpc) is 2.88. The first kappa shape index (κ1) is 37.0. The minimum absolute atomic E-state index is 0.0609. The third-order valence-corrected chi connectivity index (χ3v) is 7.77. The van der Waals surface area contributed by atoms with Crippen molar-refractivity contribution < 1.29 is 28.0 Å². The maximum atomic E-state index is 11.9. The number of hydrogen-bond acceptors (Lipinski definition) is 5. The van der Waals surface area contributed by atoms with E-state index < -0.39 is 7.82 Å². The zero-order valence-corrected chi connectivity index (χ0v) is 25.6. The molecule has 0 aromatic carbocycles. The van der Waals surface area contributed by atoms with E-state index in [4.69, 9.17) is 18.5 Å². The highest BCUT2D eigenvalue weighted by atomic mass is 31.2. The van der Waals surface area contributed by atoms with Gasteiger partial charge >= 0.3 is 7.82 Å². The number of unbranched alkanes of at least 4 members (excludes halogenated alkanes) is 20. The summed E-state index contributed by atoms with van der Waals surface area (Å²) < 4.78 is 32.8. The number of ether oxygens (including phenoxy) is 2. The molecule has 0 aliphatic carbocycles. The lowest BCUT2D eigenvalue weighted by Crippen LogP contribution is -2.08. The molecule has 0 fully saturated rings. The van der Waals surface area contributed by atoms with Crippen molar-refractivity contribution in [1.29, 1.82) is 0 Å². The topological polar surface area (TPSA) is 74.2 Å². The van der Waals surface area contributed by atoms with Gasteiger partial charge in [-0.2, -0.15) is 0 Å². The number of hydrogen-bond donors (Lipinski definition) is 1. The van der Waals surface area contributed by atoms with Gasteiger partial charge in [-0.25, -0.2) is 4.57 Å². The monoisotopic (exact) mass is 550 g/mol. The van der Waals surface area contributed by atoms with Gasteiger partial charge in [-0.05, 0) is 12.8 Å². The van der Waals surface area contributed by atoms with Gasteiger partial charge < -0.3 is 14.4 Å². The number of rotatable bonds is 32. The predicted octanol–water partition coefficient (Wildman–Crippen LogP) is 9.78. The minimum atomic E-state index is -4.03. The fourth-order valence-corrected chi connectivity index (χ4v) is 5.09. The van der Waals surface area contributed by atoms with Gasteiger partial charge in [-0.3, -0.25) is 9.05 Å². The molecule has 0 aliphatic heterocycles. The Morgan fingerprint density at radius 2 is 0.676 bits per heavy atom. The van der Waals surface area contributed by atoms with E-state index in [1.807, 2.05) is 0 Å². The van der Waals surface area contributed by atoms with Crippen molar-refractivity contribution >= 4 is 7.82 Å². The second-order valence-electron chi connectivity index (χ2n) is 10.4. The van der Waals surface area contributed by atoms with Gasteiger partial charge in [0.05, 0.1) is 26.4 Å². The Morgan fingerprint density at radius 3 is 0.973 bits per heavy atom. The van der Waals surface area contributed by atoms with Crippen LogP contribution in [0.3, 0.4) is 0 Å². The minimum Gasteiger partial charge on any atom is -0.379 e. The Labute approximate surface area is 230 Å². The maximum absolute atomic E-state index is 11.9. The summed E-state index contributed by atoms with van der Waals surface area (Å²) in [4.78, 5) is 9.72. The zero-order valence-electron chi connectivity index (χ0n) is 24.7. The van der Waals surface area contributed by atoms with Crippen LogP contribution in [0.15, 0.2) is 0 Å². The molecule has 0 bridgehead atoms. The van der Waals surface area contributed by atoms with Crippen molar-refractivity contribution in [3.05, 3.63) is 0 Å². The summed E-state index contributed by atoms with van der Waals surface area (Å²) in [6.07, 6.45) is 28.7. The number of phosphoric acid groups is 1. The molecule has 0 aromatic heterocycles. The molecule has 0 atom stereocenters. The standard InChI is InChI=1S/C30H63O6P/c1-3-5-7-9-11-13-15-17-19-21-23-25-33-27-29-35-37(31,32)36-30-28-34-26-24-22-20-18-16-14-12-10-8-6-4-2/h3-30H2,1-2H3,(H,31,32). The first-order valence-corrected chi connectivity index (χ1v) is 17.4. The first-order chi connectivity index (χ1) is 18.1. The van der Waals surface area contributed by atoms with Crippen molar-refractivity contribution in [3.8, 4) is 0 Å². The van der Waals surface area contributed by atoms with Gasteiger partial charge in [0.15, 0.2) is 0 Å². The summed E-state index contributed by atoms with van der Waals surface area (Å²) in [5, 5.41) is 0. The Kier molecular flexibility index (Phi) is 30.6. The highest BCUT2D eigenvalue weighted by Gasteiger charge is 2.20. The Hall–Kier alpha value is 0.0300.